The first kappa shape index (κ1) is 18.3. The second-order valence-electron chi connectivity index (χ2n) is 6.63. The van der Waals surface area contributed by atoms with Crippen molar-refractivity contribution in [1.29, 1.82) is 0 Å². The molecule has 3 N–H and O–H groups in total. The molecule has 0 bridgehead atoms. The molecule has 1 aliphatic carbocycles. The first-order valence-electron chi connectivity index (χ1n) is 8.90. The first-order chi connectivity index (χ1) is 11.6. The van der Waals surface area contributed by atoms with E-state index >= 15 is 0 Å². The minimum atomic E-state index is -0.0474. The molecular weight excluding hydrogens is 300 g/mol. The number of aliphatic imine (C=N–C) groups is 1. The maximum atomic E-state index is 11.7. The Hall–Kier alpha value is -2.04. The number of nitrogens with one attached hydrogen (secondary N) is 3. The monoisotopic (exact) mass is 330 g/mol. The van der Waals surface area contributed by atoms with Crippen molar-refractivity contribution in [3.8, 4) is 0 Å². The highest BCUT2D eigenvalue weighted by atomic mass is 16.1. The minimum Gasteiger partial charge on any atom is -0.356 e. The van der Waals surface area contributed by atoms with E-state index in [4.69, 9.17) is 0 Å². The number of carbonyl (C=O) groups is 1. The number of rotatable bonds is 5. The minimum absolute atomic E-state index is 0.0474. The number of carbonyl (C=O) groups excluding carboxylic acids is 1. The Bertz CT molecular complexity index is 562. The van der Waals surface area contributed by atoms with Crippen LogP contribution in [0.2, 0.25) is 0 Å². The fourth-order valence-corrected chi connectivity index (χ4v) is 3.13. The number of nitrogens with zero attached hydrogens (tertiary/aromatic N) is 1. The van der Waals surface area contributed by atoms with Crippen LogP contribution in [0.5, 0.6) is 0 Å². The molecule has 0 saturated heterocycles. The van der Waals surface area contributed by atoms with Gasteiger partial charge in [-0.15, -0.1) is 0 Å². The number of amides is 1. The van der Waals surface area contributed by atoms with Crippen molar-refractivity contribution in [2.45, 2.75) is 45.1 Å². The molecule has 24 heavy (non-hydrogen) atoms. The molecule has 132 valence electrons. The van der Waals surface area contributed by atoms with Gasteiger partial charge in [-0.1, -0.05) is 19.1 Å². The molecule has 0 unspecified atom stereocenters. The third-order valence-electron chi connectivity index (χ3n) is 4.70. The lowest BCUT2D eigenvalue weighted by molar-refractivity contribution is 0.0963. The lowest BCUT2D eigenvalue weighted by Crippen LogP contribution is -2.45. The van der Waals surface area contributed by atoms with Crippen molar-refractivity contribution in [1.82, 2.24) is 16.0 Å². The summed E-state index contributed by atoms with van der Waals surface area (Å²) in [5.74, 6) is 1.68. The van der Waals surface area contributed by atoms with Gasteiger partial charge in [-0.2, -0.15) is 0 Å². The molecule has 1 aromatic carbocycles. The lowest BCUT2D eigenvalue weighted by atomic mass is 9.87. The predicted molar refractivity (Wildman–Crippen MR) is 99.5 cm³/mol. The van der Waals surface area contributed by atoms with Crippen LogP contribution in [0.25, 0.3) is 0 Å². The largest absolute Gasteiger partial charge is 0.356 e. The van der Waals surface area contributed by atoms with E-state index in [0.29, 0.717) is 11.6 Å². The Balaban J connectivity index is 1.78. The Morgan fingerprint density at radius 3 is 2.67 bits per heavy atom. The predicted octanol–water partition coefficient (Wildman–Crippen LogP) is 2.33. The number of hydrogen-bond acceptors (Lipinski definition) is 2. The van der Waals surface area contributed by atoms with Gasteiger partial charge in [-0.3, -0.25) is 9.79 Å². The summed E-state index contributed by atoms with van der Waals surface area (Å²) >= 11 is 0. The Morgan fingerprint density at radius 1 is 1.25 bits per heavy atom. The van der Waals surface area contributed by atoms with Crippen LogP contribution in [-0.2, 0) is 6.42 Å². The summed E-state index contributed by atoms with van der Waals surface area (Å²) in [7, 11) is 3.46. The summed E-state index contributed by atoms with van der Waals surface area (Å²) in [6.07, 6.45) is 5.88. The molecule has 1 fully saturated rings. The average molecular weight is 330 g/mol. The van der Waals surface area contributed by atoms with E-state index in [0.717, 1.165) is 30.4 Å². The second-order valence-corrected chi connectivity index (χ2v) is 6.63. The average Bonchev–Trinajstić information content (AvgIpc) is 2.62. The van der Waals surface area contributed by atoms with Crippen LogP contribution in [0.1, 0.15) is 48.5 Å². The van der Waals surface area contributed by atoms with Crippen molar-refractivity contribution < 1.29 is 4.79 Å². The molecule has 0 heterocycles. The van der Waals surface area contributed by atoms with Gasteiger partial charge in [0.1, 0.15) is 0 Å². The summed E-state index contributed by atoms with van der Waals surface area (Å²) in [4.78, 5) is 16.0. The fourth-order valence-electron chi connectivity index (χ4n) is 3.13. The summed E-state index contributed by atoms with van der Waals surface area (Å²) in [5, 5.41) is 9.56. The van der Waals surface area contributed by atoms with Crippen molar-refractivity contribution in [2.75, 3.05) is 20.6 Å². The molecule has 1 amide bonds. The van der Waals surface area contributed by atoms with Crippen molar-refractivity contribution in [3.63, 3.8) is 0 Å². The molecule has 1 aliphatic rings. The Morgan fingerprint density at radius 2 is 2.00 bits per heavy atom. The maximum absolute atomic E-state index is 11.7. The number of guanidine groups is 1. The number of hydrogen-bond donors (Lipinski definition) is 3. The van der Waals surface area contributed by atoms with Gasteiger partial charge in [0, 0.05) is 32.2 Å². The lowest BCUT2D eigenvalue weighted by Gasteiger charge is -2.28. The normalized spacial score (nSPS) is 21.2. The van der Waals surface area contributed by atoms with Gasteiger partial charge >= 0.3 is 0 Å². The van der Waals surface area contributed by atoms with E-state index in [1.807, 2.05) is 31.3 Å². The van der Waals surface area contributed by atoms with Crippen LogP contribution in [0.3, 0.4) is 0 Å². The molecule has 5 heteroatoms. The summed E-state index contributed by atoms with van der Waals surface area (Å²) < 4.78 is 0. The Kier molecular flexibility index (Phi) is 7.09. The summed E-state index contributed by atoms with van der Waals surface area (Å²) in [6.45, 7) is 3.12. The quantitative estimate of drug-likeness (QED) is 0.573. The van der Waals surface area contributed by atoms with Crippen LogP contribution >= 0.6 is 0 Å². The summed E-state index contributed by atoms with van der Waals surface area (Å²) in [5.41, 5.74) is 1.85. The Labute approximate surface area is 145 Å². The molecule has 2 rings (SSSR count). The van der Waals surface area contributed by atoms with Crippen molar-refractivity contribution in [3.05, 3.63) is 35.4 Å². The van der Waals surface area contributed by atoms with Crippen LogP contribution in [-0.4, -0.2) is 38.5 Å². The molecule has 5 nitrogen and oxygen atoms in total. The van der Waals surface area contributed by atoms with Crippen LogP contribution < -0.4 is 16.0 Å². The van der Waals surface area contributed by atoms with Gasteiger partial charge in [0.05, 0.1) is 0 Å². The van der Waals surface area contributed by atoms with E-state index in [9.17, 15) is 4.79 Å². The van der Waals surface area contributed by atoms with Crippen molar-refractivity contribution in [2.24, 2.45) is 10.9 Å². The molecule has 1 saturated carbocycles. The summed E-state index contributed by atoms with van der Waals surface area (Å²) in [6, 6.07) is 8.28. The van der Waals surface area contributed by atoms with Crippen molar-refractivity contribution >= 4 is 11.9 Å². The SMILES string of the molecule is CN=C(NCCc1cccc(C(=O)NC)c1)NC1CCC(C)CC1. The topological polar surface area (TPSA) is 65.5 Å². The zero-order valence-electron chi connectivity index (χ0n) is 15.1. The first-order valence-corrected chi connectivity index (χ1v) is 8.90. The van der Waals surface area contributed by atoms with E-state index in [1.54, 1.807) is 7.05 Å². The molecule has 0 atom stereocenters. The highest BCUT2D eigenvalue weighted by Gasteiger charge is 2.18. The van der Waals surface area contributed by atoms with Crippen LogP contribution in [0, 0.1) is 5.92 Å². The maximum Gasteiger partial charge on any atom is 0.251 e. The smallest absolute Gasteiger partial charge is 0.251 e. The molecule has 0 aromatic heterocycles. The van der Waals surface area contributed by atoms with E-state index in [-0.39, 0.29) is 5.91 Å². The van der Waals surface area contributed by atoms with E-state index in [2.05, 4.69) is 27.9 Å². The van der Waals surface area contributed by atoms with E-state index in [1.165, 1.54) is 25.7 Å². The highest BCUT2D eigenvalue weighted by molar-refractivity contribution is 5.94. The molecule has 0 spiro atoms. The van der Waals surface area contributed by atoms with Gasteiger partial charge < -0.3 is 16.0 Å². The van der Waals surface area contributed by atoms with Gasteiger partial charge in [-0.25, -0.2) is 0 Å². The molecular formula is C19H30N4O. The zero-order chi connectivity index (χ0) is 17.4. The van der Waals surface area contributed by atoms with Gasteiger partial charge in [0.25, 0.3) is 5.91 Å². The molecule has 1 aromatic rings. The third kappa shape index (κ3) is 5.55. The van der Waals surface area contributed by atoms with Gasteiger partial charge in [0.15, 0.2) is 5.96 Å². The molecule has 0 aliphatic heterocycles. The highest BCUT2D eigenvalue weighted by Crippen LogP contribution is 2.23. The standard InChI is InChI=1S/C19H30N4O/c1-14-7-9-17(10-8-14)23-19(21-3)22-12-11-15-5-4-6-16(13-15)18(24)20-2/h4-6,13-14,17H,7-12H2,1-3H3,(H,20,24)(H2,21,22,23). The van der Waals surface area contributed by atoms with Gasteiger partial charge in [-0.05, 0) is 55.7 Å². The fraction of sp³-hybridized carbons (Fsp3) is 0.579. The van der Waals surface area contributed by atoms with Gasteiger partial charge in [0.2, 0.25) is 0 Å². The number of benzene rings is 1. The zero-order valence-corrected chi connectivity index (χ0v) is 15.1. The second kappa shape index (κ2) is 9.30. The van der Waals surface area contributed by atoms with E-state index < -0.39 is 0 Å². The third-order valence-corrected chi connectivity index (χ3v) is 4.70. The van der Waals surface area contributed by atoms with Crippen LogP contribution in [0.15, 0.2) is 29.3 Å². The van der Waals surface area contributed by atoms with Crippen LogP contribution in [0.4, 0.5) is 0 Å². The molecule has 0 radical (unpaired) electrons.